The number of hydrogen-bond acceptors (Lipinski definition) is 4. The number of nitrogens with one attached hydrogen (secondary N) is 1. The summed E-state index contributed by atoms with van der Waals surface area (Å²) in [5, 5.41) is 7.00. The van der Waals surface area contributed by atoms with Gasteiger partial charge in [-0.2, -0.15) is 13.5 Å². The first-order valence-corrected chi connectivity index (χ1v) is 11.1. The lowest BCUT2D eigenvalue weighted by Crippen LogP contribution is -2.27. The summed E-state index contributed by atoms with van der Waals surface area (Å²) >= 11 is 0. The molecule has 0 aliphatic carbocycles. The van der Waals surface area contributed by atoms with Gasteiger partial charge in [0.15, 0.2) is 0 Å². The first kappa shape index (κ1) is 21.0. The molecular weight excluding hydrogens is 390 g/mol. The van der Waals surface area contributed by atoms with Gasteiger partial charge in [-0.15, -0.1) is 4.40 Å². The van der Waals surface area contributed by atoms with Crippen molar-refractivity contribution in [2.24, 2.45) is 4.40 Å². The minimum Gasteiger partial charge on any atom is -0.362 e. The maximum atomic E-state index is 12.8. The molecule has 8 nitrogen and oxygen atoms in total. The van der Waals surface area contributed by atoms with Crippen LogP contribution >= 0.6 is 0 Å². The van der Waals surface area contributed by atoms with E-state index in [2.05, 4.69) is 14.8 Å². The number of amidine groups is 1. The Labute approximate surface area is 171 Å². The molecule has 0 spiro atoms. The smallest absolute Gasteiger partial charge is 0.284 e. The van der Waals surface area contributed by atoms with Crippen LogP contribution in [0.5, 0.6) is 0 Å². The Kier molecular flexibility index (Phi) is 6.36. The van der Waals surface area contributed by atoms with E-state index in [1.165, 1.54) is 12.1 Å². The van der Waals surface area contributed by atoms with Crippen LogP contribution in [0.4, 0.5) is 5.69 Å². The van der Waals surface area contributed by atoms with Gasteiger partial charge in [-0.3, -0.25) is 9.48 Å². The van der Waals surface area contributed by atoms with Crippen LogP contribution in [0.15, 0.2) is 39.6 Å². The molecule has 0 atom stereocenters. The van der Waals surface area contributed by atoms with Gasteiger partial charge in [0, 0.05) is 31.4 Å². The molecule has 0 bridgehead atoms. The van der Waals surface area contributed by atoms with Crippen molar-refractivity contribution in [1.82, 2.24) is 14.7 Å². The number of hydrogen-bond donors (Lipinski definition) is 1. The number of carbonyl (C=O) groups excluding carboxylic acids is 1. The van der Waals surface area contributed by atoms with Gasteiger partial charge in [0.05, 0.1) is 10.6 Å². The van der Waals surface area contributed by atoms with Crippen molar-refractivity contribution in [2.45, 2.75) is 51.0 Å². The normalized spacial score (nSPS) is 16.7. The fourth-order valence-corrected chi connectivity index (χ4v) is 4.48. The minimum atomic E-state index is -3.85. The summed E-state index contributed by atoms with van der Waals surface area (Å²) < 4.78 is 31.3. The summed E-state index contributed by atoms with van der Waals surface area (Å²) in [4.78, 5) is 14.3. The van der Waals surface area contributed by atoms with Crippen molar-refractivity contribution in [3.8, 4) is 0 Å². The number of carbonyl (C=O) groups is 1. The fourth-order valence-electron chi connectivity index (χ4n) is 3.34. The summed E-state index contributed by atoms with van der Waals surface area (Å²) in [6.07, 6.45) is 3.68. The third-order valence-corrected chi connectivity index (χ3v) is 6.17. The number of amides is 1. The number of aromatic nitrogens is 2. The van der Waals surface area contributed by atoms with Crippen LogP contribution in [0.1, 0.15) is 37.1 Å². The van der Waals surface area contributed by atoms with Crippen LogP contribution in [0.3, 0.4) is 0 Å². The molecule has 1 fully saturated rings. The van der Waals surface area contributed by atoms with E-state index in [1.54, 1.807) is 16.8 Å². The molecule has 0 unspecified atom stereocenters. The molecule has 9 heteroatoms. The highest BCUT2D eigenvalue weighted by molar-refractivity contribution is 7.90. The van der Waals surface area contributed by atoms with Crippen molar-refractivity contribution < 1.29 is 13.2 Å². The highest BCUT2D eigenvalue weighted by atomic mass is 32.2. The van der Waals surface area contributed by atoms with E-state index in [0.717, 1.165) is 37.2 Å². The van der Waals surface area contributed by atoms with Crippen molar-refractivity contribution in [2.75, 3.05) is 18.9 Å². The molecule has 1 N–H and O–H groups in total. The monoisotopic (exact) mass is 417 g/mol. The molecule has 156 valence electrons. The SMILES string of the molecule is Cc1cc(C)n(CC(=O)Nc2cccc(S(=O)(=O)/N=C3\CCCCCN3C)c2)n1. The zero-order valence-electron chi connectivity index (χ0n) is 17.1. The van der Waals surface area contributed by atoms with Gasteiger partial charge in [-0.05, 0) is 51.0 Å². The Balaban J connectivity index is 1.76. The highest BCUT2D eigenvalue weighted by Crippen LogP contribution is 2.20. The lowest BCUT2D eigenvalue weighted by atomic mass is 10.2. The second kappa shape index (κ2) is 8.77. The molecule has 1 saturated heterocycles. The van der Waals surface area contributed by atoms with Gasteiger partial charge in [0.1, 0.15) is 12.4 Å². The number of anilines is 1. The largest absolute Gasteiger partial charge is 0.362 e. The lowest BCUT2D eigenvalue weighted by Gasteiger charge is -2.17. The molecule has 1 aromatic carbocycles. The number of benzene rings is 1. The summed E-state index contributed by atoms with van der Waals surface area (Å²) in [5.41, 5.74) is 2.13. The first-order chi connectivity index (χ1) is 13.7. The van der Waals surface area contributed by atoms with Gasteiger partial charge in [0.2, 0.25) is 5.91 Å². The Hall–Kier alpha value is -2.68. The highest BCUT2D eigenvalue weighted by Gasteiger charge is 2.19. The van der Waals surface area contributed by atoms with E-state index in [-0.39, 0.29) is 17.3 Å². The van der Waals surface area contributed by atoms with Crippen LogP contribution in [0, 0.1) is 13.8 Å². The molecule has 0 radical (unpaired) electrons. The number of rotatable bonds is 5. The van der Waals surface area contributed by atoms with Gasteiger partial charge in [-0.1, -0.05) is 12.5 Å². The van der Waals surface area contributed by atoms with Crippen LogP contribution in [0.25, 0.3) is 0 Å². The Morgan fingerprint density at radius 1 is 1.21 bits per heavy atom. The maximum absolute atomic E-state index is 12.8. The number of aryl methyl sites for hydroxylation is 2. The molecule has 1 amide bonds. The second-order valence-corrected chi connectivity index (χ2v) is 8.98. The summed E-state index contributed by atoms with van der Waals surface area (Å²) in [7, 11) is -1.98. The van der Waals surface area contributed by atoms with Crippen LogP contribution in [-0.4, -0.2) is 48.4 Å². The average Bonchev–Trinajstić information content (AvgIpc) is 2.83. The van der Waals surface area contributed by atoms with Gasteiger partial charge >= 0.3 is 0 Å². The van der Waals surface area contributed by atoms with E-state index >= 15 is 0 Å². The Bertz CT molecular complexity index is 1030. The Morgan fingerprint density at radius 3 is 2.72 bits per heavy atom. The fraction of sp³-hybridized carbons (Fsp3) is 0.450. The van der Waals surface area contributed by atoms with Crippen molar-refractivity contribution in [3.63, 3.8) is 0 Å². The zero-order valence-corrected chi connectivity index (χ0v) is 17.9. The van der Waals surface area contributed by atoms with E-state index in [4.69, 9.17) is 0 Å². The second-order valence-electron chi connectivity index (χ2n) is 7.38. The topological polar surface area (TPSA) is 96.7 Å². The molecule has 1 aliphatic heterocycles. The van der Waals surface area contributed by atoms with Crippen LogP contribution in [-0.2, 0) is 21.4 Å². The van der Waals surface area contributed by atoms with Crippen LogP contribution in [0.2, 0.25) is 0 Å². The van der Waals surface area contributed by atoms with Crippen molar-refractivity contribution >= 4 is 27.5 Å². The van der Waals surface area contributed by atoms with E-state index in [9.17, 15) is 13.2 Å². The van der Waals surface area contributed by atoms with Crippen molar-refractivity contribution in [3.05, 3.63) is 41.7 Å². The van der Waals surface area contributed by atoms with Gasteiger partial charge in [0.25, 0.3) is 10.0 Å². The zero-order chi connectivity index (χ0) is 21.0. The van der Waals surface area contributed by atoms with Crippen LogP contribution < -0.4 is 5.32 Å². The molecule has 1 aromatic heterocycles. The predicted molar refractivity (Wildman–Crippen MR) is 112 cm³/mol. The first-order valence-electron chi connectivity index (χ1n) is 9.70. The molecule has 2 heterocycles. The molecule has 1 aliphatic rings. The molecular formula is C20H27N5O3S. The molecule has 3 rings (SSSR count). The quantitative estimate of drug-likeness (QED) is 0.807. The summed E-state index contributed by atoms with van der Waals surface area (Å²) in [5.74, 6) is 0.307. The predicted octanol–water partition coefficient (Wildman–Crippen LogP) is 2.73. The van der Waals surface area contributed by atoms with Gasteiger partial charge in [-0.25, -0.2) is 0 Å². The van der Waals surface area contributed by atoms with E-state index < -0.39 is 10.0 Å². The molecule has 0 saturated carbocycles. The number of likely N-dealkylation sites (tertiary alicyclic amines) is 1. The summed E-state index contributed by atoms with van der Waals surface area (Å²) in [6, 6.07) is 8.08. The Morgan fingerprint density at radius 2 is 2.00 bits per heavy atom. The molecule has 2 aromatic rings. The molecule has 29 heavy (non-hydrogen) atoms. The third-order valence-electron chi connectivity index (χ3n) is 4.87. The average molecular weight is 418 g/mol. The van der Waals surface area contributed by atoms with Gasteiger partial charge < -0.3 is 10.2 Å². The number of sulfonamides is 1. The lowest BCUT2D eigenvalue weighted by molar-refractivity contribution is -0.116. The van der Waals surface area contributed by atoms with E-state index in [1.807, 2.05) is 31.9 Å². The standard InChI is InChI=1S/C20H27N5O3S/c1-15-12-16(2)25(22-15)14-20(26)21-17-8-7-9-18(13-17)29(27,28)23-19-10-5-4-6-11-24(19)3/h7-9,12-13H,4-6,10-11,14H2,1-3H3,(H,21,26)/b23-19+. The minimum absolute atomic E-state index is 0.0593. The number of nitrogens with zero attached hydrogens (tertiary/aromatic N) is 4. The van der Waals surface area contributed by atoms with Crippen molar-refractivity contribution in [1.29, 1.82) is 0 Å². The third kappa shape index (κ3) is 5.44. The summed E-state index contributed by atoms with van der Waals surface area (Å²) in [6.45, 7) is 4.60. The maximum Gasteiger partial charge on any atom is 0.284 e. The van der Waals surface area contributed by atoms with E-state index in [0.29, 0.717) is 17.9 Å².